The van der Waals surface area contributed by atoms with E-state index in [0.717, 1.165) is 17.4 Å². The summed E-state index contributed by atoms with van der Waals surface area (Å²) in [6, 6.07) is 5.76. The fourth-order valence-corrected chi connectivity index (χ4v) is 2.02. The molecule has 0 atom stereocenters. The van der Waals surface area contributed by atoms with Crippen LogP contribution in [0.25, 0.3) is 16.6 Å². The van der Waals surface area contributed by atoms with Crippen LogP contribution in [0.15, 0.2) is 23.0 Å². The molecule has 18 heavy (non-hydrogen) atoms. The normalized spacial score (nSPS) is 11.4. The first-order valence-electron chi connectivity index (χ1n) is 5.74. The summed E-state index contributed by atoms with van der Waals surface area (Å²) in [4.78, 5) is 18.7. The lowest BCUT2D eigenvalue weighted by Gasteiger charge is -2.01. The van der Waals surface area contributed by atoms with Gasteiger partial charge in [0.1, 0.15) is 12.3 Å². The number of aromatic nitrogens is 4. The van der Waals surface area contributed by atoms with Gasteiger partial charge in [-0.05, 0) is 24.1 Å². The molecule has 3 rings (SSSR count). The first kappa shape index (κ1) is 10.9. The van der Waals surface area contributed by atoms with Gasteiger partial charge in [0.2, 0.25) is 0 Å². The van der Waals surface area contributed by atoms with Crippen molar-refractivity contribution in [2.75, 3.05) is 0 Å². The molecule has 0 unspecified atom stereocenters. The van der Waals surface area contributed by atoms with Crippen molar-refractivity contribution in [2.24, 2.45) is 0 Å². The zero-order valence-corrected chi connectivity index (χ0v) is 9.84. The number of aryl methyl sites for hydroxylation is 1. The molecule has 0 aliphatic heterocycles. The smallest absolute Gasteiger partial charge is 0.370 e. The SMILES string of the molecule is CCc1ccc2nc(=O)n3nc(CO)[nH]c3c2c1. The number of fused-ring (bicyclic) bond motifs is 3. The van der Waals surface area contributed by atoms with E-state index in [0.29, 0.717) is 17.0 Å². The van der Waals surface area contributed by atoms with Crippen molar-refractivity contribution in [2.45, 2.75) is 20.0 Å². The van der Waals surface area contributed by atoms with E-state index in [-0.39, 0.29) is 6.61 Å². The Hall–Kier alpha value is -2.21. The van der Waals surface area contributed by atoms with Gasteiger partial charge in [0.25, 0.3) is 0 Å². The second kappa shape index (κ2) is 3.92. The van der Waals surface area contributed by atoms with Gasteiger partial charge in [-0.15, -0.1) is 5.10 Å². The third-order valence-electron chi connectivity index (χ3n) is 2.97. The Morgan fingerprint density at radius 2 is 2.28 bits per heavy atom. The predicted octanol–water partition coefficient (Wildman–Crippen LogP) is 0.626. The van der Waals surface area contributed by atoms with E-state index in [4.69, 9.17) is 5.11 Å². The molecule has 2 N–H and O–H groups in total. The molecule has 0 saturated carbocycles. The van der Waals surface area contributed by atoms with Crippen molar-refractivity contribution in [1.29, 1.82) is 0 Å². The summed E-state index contributed by atoms with van der Waals surface area (Å²) in [6.45, 7) is 1.82. The first-order chi connectivity index (χ1) is 8.72. The van der Waals surface area contributed by atoms with E-state index in [2.05, 4.69) is 22.0 Å². The van der Waals surface area contributed by atoms with Crippen molar-refractivity contribution in [1.82, 2.24) is 19.6 Å². The van der Waals surface area contributed by atoms with E-state index in [9.17, 15) is 4.79 Å². The molecule has 2 aromatic heterocycles. The lowest BCUT2D eigenvalue weighted by atomic mass is 10.1. The third-order valence-corrected chi connectivity index (χ3v) is 2.97. The number of nitrogens with zero attached hydrogens (tertiary/aromatic N) is 3. The monoisotopic (exact) mass is 244 g/mol. The van der Waals surface area contributed by atoms with Crippen LogP contribution in [-0.2, 0) is 13.0 Å². The number of H-pyrrole nitrogens is 1. The van der Waals surface area contributed by atoms with Crippen molar-refractivity contribution in [3.05, 3.63) is 40.1 Å². The second-order valence-corrected chi connectivity index (χ2v) is 4.09. The molecule has 0 spiro atoms. The Kier molecular flexibility index (Phi) is 2.38. The summed E-state index contributed by atoms with van der Waals surface area (Å²) >= 11 is 0. The summed E-state index contributed by atoms with van der Waals surface area (Å²) in [5, 5.41) is 13.9. The average molecular weight is 244 g/mol. The lowest BCUT2D eigenvalue weighted by Crippen LogP contribution is -2.17. The Balaban J connectivity index is 2.48. The molecule has 3 aromatic rings. The highest BCUT2D eigenvalue weighted by Crippen LogP contribution is 2.17. The molecule has 0 radical (unpaired) electrons. The van der Waals surface area contributed by atoms with Gasteiger partial charge < -0.3 is 10.1 Å². The quantitative estimate of drug-likeness (QED) is 0.692. The van der Waals surface area contributed by atoms with Crippen LogP contribution in [0, 0.1) is 0 Å². The van der Waals surface area contributed by atoms with E-state index in [1.54, 1.807) is 0 Å². The molecular formula is C12H12N4O2. The first-order valence-corrected chi connectivity index (χ1v) is 5.74. The predicted molar refractivity (Wildman–Crippen MR) is 66.4 cm³/mol. The number of benzene rings is 1. The summed E-state index contributed by atoms with van der Waals surface area (Å²) in [7, 11) is 0. The van der Waals surface area contributed by atoms with Gasteiger partial charge in [-0.1, -0.05) is 13.0 Å². The Labute approximate surface area is 102 Å². The van der Waals surface area contributed by atoms with Crippen LogP contribution in [0.1, 0.15) is 18.3 Å². The van der Waals surface area contributed by atoms with Crippen LogP contribution in [0.4, 0.5) is 0 Å². The zero-order chi connectivity index (χ0) is 12.7. The molecule has 6 nitrogen and oxygen atoms in total. The Morgan fingerprint density at radius 3 is 3.00 bits per heavy atom. The Morgan fingerprint density at radius 1 is 1.44 bits per heavy atom. The number of nitrogens with one attached hydrogen (secondary N) is 1. The maximum absolute atomic E-state index is 11.8. The van der Waals surface area contributed by atoms with E-state index in [1.165, 1.54) is 4.52 Å². The van der Waals surface area contributed by atoms with Gasteiger partial charge in [-0.25, -0.2) is 4.79 Å². The fraction of sp³-hybridized carbons (Fsp3) is 0.250. The van der Waals surface area contributed by atoms with Crippen LogP contribution in [-0.4, -0.2) is 24.7 Å². The highest BCUT2D eigenvalue weighted by atomic mass is 16.3. The van der Waals surface area contributed by atoms with E-state index < -0.39 is 5.69 Å². The molecule has 2 heterocycles. The standard InChI is InChI=1S/C12H12N4O2/c1-2-7-3-4-9-8(5-7)11-14-10(6-17)15-16(11)12(18)13-9/h3-5,17H,2,6H2,1H3,(H,14,15). The third kappa shape index (κ3) is 1.50. The topological polar surface area (TPSA) is 83.3 Å². The van der Waals surface area contributed by atoms with Crippen molar-refractivity contribution in [3.63, 3.8) is 0 Å². The van der Waals surface area contributed by atoms with Gasteiger partial charge in [0.15, 0.2) is 5.82 Å². The maximum Gasteiger partial charge on any atom is 0.370 e. The number of rotatable bonds is 2. The fourth-order valence-electron chi connectivity index (χ4n) is 2.02. The molecule has 1 aromatic carbocycles. The minimum absolute atomic E-state index is 0.240. The van der Waals surface area contributed by atoms with Crippen molar-refractivity contribution >= 4 is 16.6 Å². The molecule has 0 amide bonds. The summed E-state index contributed by atoms with van der Waals surface area (Å²) < 4.78 is 1.19. The van der Waals surface area contributed by atoms with Crippen LogP contribution in [0.3, 0.4) is 0 Å². The molecule has 92 valence electrons. The Bertz CT molecular complexity index is 788. The minimum atomic E-state index is -0.447. The number of aliphatic hydroxyl groups is 1. The highest BCUT2D eigenvalue weighted by molar-refractivity contribution is 5.91. The summed E-state index contributed by atoms with van der Waals surface area (Å²) in [5.41, 5.74) is 1.91. The maximum atomic E-state index is 11.8. The van der Waals surface area contributed by atoms with Gasteiger partial charge >= 0.3 is 5.69 Å². The summed E-state index contributed by atoms with van der Waals surface area (Å²) in [5.74, 6) is 0.350. The summed E-state index contributed by atoms with van der Waals surface area (Å²) in [6.07, 6.45) is 0.905. The van der Waals surface area contributed by atoms with Crippen molar-refractivity contribution < 1.29 is 5.11 Å². The molecule has 0 aliphatic rings. The minimum Gasteiger partial charge on any atom is -0.388 e. The molecular weight excluding hydrogens is 232 g/mol. The molecule has 0 bridgehead atoms. The van der Waals surface area contributed by atoms with E-state index >= 15 is 0 Å². The van der Waals surface area contributed by atoms with Crippen LogP contribution >= 0.6 is 0 Å². The zero-order valence-electron chi connectivity index (χ0n) is 9.84. The van der Waals surface area contributed by atoms with Crippen LogP contribution in [0.2, 0.25) is 0 Å². The van der Waals surface area contributed by atoms with Crippen LogP contribution in [0.5, 0.6) is 0 Å². The van der Waals surface area contributed by atoms with Gasteiger partial charge in [-0.2, -0.15) is 9.50 Å². The molecule has 0 saturated heterocycles. The lowest BCUT2D eigenvalue weighted by molar-refractivity contribution is 0.271. The largest absolute Gasteiger partial charge is 0.388 e. The molecule has 0 aliphatic carbocycles. The van der Waals surface area contributed by atoms with E-state index in [1.807, 2.05) is 18.2 Å². The van der Waals surface area contributed by atoms with Gasteiger partial charge in [0, 0.05) is 5.39 Å². The van der Waals surface area contributed by atoms with Crippen LogP contribution < -0.4 is 5.69 Å². The molecule has 0 fully saturated rings. The molecule has 6 heteroatoms. The number of hydrogen-bond acceptors (Lipinski definition) is 4. The number of aliphatic hydroxyl groups excluding tert-OH is 1. The van der Waals surface area contributed by atoms with Gasteiger partial charge in [-0.3, -0.25) is 0 Å². The number of aromatic amines is 1. The number of hydrogen-bond donors (Lipinski definition) is 2. The highest BCUT2D eigenvalue weighted by Gasteiger charge is 2.10. The van der Waals surface area contributed by atoms with Gasteiger partial charge in [0.05, 0.1) is 5.52 Å². The average Bonchev–Trinajstić information content (AvgIpc) is 2.83. The second-order valence-electron chi connectivity index (χ2n) is 4.09. The van der Waals surface area contributed by atoms with Crippen molar-refractivity contribution in [3.8, 4) is 0 Å².